The standard InChI is InChI=1S/C16H22ClN3/c1-13(2)18-8-4-6-15-10-19-20(12-15)11-14-5-3-7-16(17)9-14/h3,5,7,9-10,12-13,18H,4,6,8,11H2,1-2H3. The van der Waals surface area contributed by atoms with Gasteiger partial charge in [0.15, 0.2) is 0 Å². The van der Waals surface area contributed by atoms with E-state index in [1.165, 1.54) is 11.1 Å². The minimum absolute atomic E-state index is 0.556. The summed E-state index contributed by atoms with van der Waals surface area (Å²) in [5, 5.41) is 8.61. The monoisotopic (exact) mass is 291 g/mol. The molecule has 4 heteroatoms. The van der Waals surface area contributed by atoms with E-state index in [0.29, 0.717) is 6.04 Å². The SMILES string of the molecule is CC(C)NCCCc1cnn(Cc2cccc(Cl)c2)c1. The van der Waals surface area contributed by atoms with Crippen molar-refractivity contribution in [3.8, 4) is 0 Å². The van der Waals surface area contributed by atoms with E-state index in [2.05, 4.69) is 36.5 Å². The van der Waals surface area contributed by atoms with Crippen molar-refractivity contribution in [2.24, 2.45) is 0 Å². The van der Waals surface area contributed by atoms with Gasteiger partial charge < -0.3 is 5.32 Å². The van der Waals surface area contributed by atoms with Gasteiger partial charge in [0.25, 0.3) is 0 Å². The number of nitrogens with one attached hydrogen (secondary N) is 1. The van der Waals surface area contributed by atoms with Gasteiger partial charge in [0, 0.05) is 17.3 Å². The molecule has 0 atom stereocenters. The van der Waals surface area contributed by atoms with Crippen LogP contribution in [0.5, 0.6) is 0 Å². The lowest BCUT2D eigenvalue weighted by Gasteiger charge is -2.06. The van der Waals surface area contributed by atoms with Crippen LogP contribution in [0.4, 0.5) is 0 Å². The quantitative estimate of drug-likeness (QED) is 0.791. The average molecular weight is 292 g/mol. The van der Waals surface area contributed by atoms with E-state index in [1.54, 1.807) is 0 Å². The fraction of sp³-hybridized carbons (Fsp3) is 0.438. The second-order valence-electron chi connectivity index (χ2n) is 5.39. The van der Waals surface area contributed by atoms with Crippen molar-refractivity contribution in [3.05, 3.63) is 52.8 Å². The maximum atomic E-state index is 5.99. The lowest BCUT2D eigenvalue weighted by atomic mass is 10.2. The number of hydrogen-bond donors (Lipinski definition) is 1. The zero-order valence-electron chi connectivity index (χ0n) is 12.1. The Balaban J connectivity index is 1.83. The fourth-order valence-corrected chi connectivity index (χ4v) is 2.34. The summed E-state index contributed by atoms with van der Waals surface area (Å²) in [5.41, 5.74) is 2.46. The Labute approximate surface area is 126 Å². The maximum Gasteiger partial charge on any atom is 0.0659 e. The Hall–Kier alpha value is -1.32. The number of nitrogens with zero attached hydrogens (tertiary/aromatic N) is 2. The van der Waals surface area contributed by atoms with Crippen LogP contribution in [0, 0.1) is 0 Å². The van der Waals surface area contributed by atoms with Crippen molar-refractivity contribution >= 4 is 11.6 Å². The molecule has 108 valence electrons. The highest BCUT2D eigenvalue weighted by Crippen LogP contribution is 2.12. The molecule has 0 aliphatic rings. The second-order valence-corrected chi connectivity index (χ2v) is 5.82. The summed E-state index contributed by atoms with van der Waals surface area (Å²) < 4.78 is 1.97. The second kappa shape index (κ2) is 7.46. The van der Waals surface area contributed by atoms with E-state index in [1.807, 2.05) is 29.1 Å². The highest BCUT2D eigenvalue weighted by Gasteiger charge is 2.01. The van der Waals surface area contributed by atoms with Crippen LogP contribution in [0.15, 0.2) is 36.7 Å². The van der Waals surface area contributed by atoms with Crippen LogP contribution in [-0.4, -0.2) is 22.4 Å². The molecule has 1 N–H and O–H groups in total. The van der Waals surface area contributed by atoms with Gasteiger partial charge in [-0.05, 0) is 42.6 Å². The number of aryl methyl sites for hydroxylation is 1. The highest BCUT2D eigenvalue weighted by atomic mass is 35.5. The summed E-state index contributed by atoms with van der Waals surface area (Å²) in [4.78, 5) is 0. The van der Waals surface area contributed by atoms with Crippen molar-refractivity contribution in [2.45, 2.75) is 39.3 Å². The van der Waals surface area contributed by atoms with Gasteiger partial charge in [-0.1, -0.05) is 37.6 Å². The summed E-state index contributed by atoms with van der Waals surface area (Å²) in [6, 6.07) is 8.47. The van der Waals surface area contributed by atoms with E-state index in [9.17, 15) is 0 Å². The van der Waals surface area contributed by atoms with Gasteiger partial charge in [0.2, 0.25) is 0 Å². The van der Waals surface area contributed by atoms with E-state index in [4.69, 9.17) is 11.6 Å². The Bertz CT molecular complexity index is 534. The highest BCUT2D eigenvalue weighted by molar-refractivity contribution is 6.30. The molecule has 0 amide bonds. The van der Waals surface area contributed by atoms with Crippen molar-refractivity contribution < 1.29 is 0 Å². The van der Waals surface area contributed by atoms with Crippen LogP contribution in [0.3, 0.4) is 0 Å². The van der Waals surface area contributed by atoms with Gasteiger partial charge in [-0.3, -0.25) is 4.68 Å². The number of benzene rings is 1. The summed E-state index contributed by atoms with van der Waals surface area (Å²) >= 11 is 5.99. The third-order valence-corrected chi connectivity index (χ3v) is 3.35. The Morgan fingerprint density at radius 2 is 2.15 bits per heavy atom. The third-order valence-electron chi connectivity index (χ3n) is 3.12. The molecule has 0 saturated heterocycles. The molecule has 2 rings (SSSR count). The van der Waals surface area contributed by atoms with E-state index in [0.717, 1.165) is 31.0 Å². The van der Waals surface area contributed by atoms with Crippen molar-refractivity contribution in [1.82, 2.24) is 15.1 Å². The van der Waals surface area contributed by atoms with Crippen LogP contribution in [0.1, 0.15) is 31.4 Å². The van der Waals surface area contributed by atoms with Gasteiger partial charge in [0.1, 0.15) is 0 Å². The minimum atomic E-state index is 0.556. The van der Waals surface area contributed by atoms with Gasteiger partial charge in [-0.2, -0.15) is 5.10 Å². The summed E-state index contributed by atoms with van der Waals surface area (Å²) in [5.74, 6) is 0. The van der Waals surface area contributed by atoms with E-state index < -0.39 is 0 Å². The van der Waals surface area contributed by atoms with Gasteiger partial charge in [-0.25, -0.2) is 0 Å². The first-order valence-electron chi connectivity index (χ1n) is 7.12. The Morgan fingerprint density at radius 1 is 1.30 bits per heavy atom. The van der Waals surface area contributed by atoms with Gasteiger partial charge in [-0.15, -0.1) is 0 Å². The van der Waals surface area contributed by atoms with Crippen molar-refractivity contribution in [1.29, 1.82) is 0 Å². The van der Waals surface area contributed by atoms with Crippen LogP contribution in [0.2, 0.25) is 5.02 Å². The first kappa shape index (κ1) is 15.1. The molecular weight excluding hydrogens is 270 g/mol. The molecule has 0 saturated carbocycles. The molecule has 3 nitrogen and oxygen atoms in total. The summed E-state index contributed by atoms with van der Waals surface area (Å²) in [6.07, 6.45) is 6.28. The predicted octanol–water partition coefficient (Wildman–Crippen LogP) is 3.52. The molecule has 1 aromatic heterocycles. The fourth-order valence-electron chi connectivity index (χ4n) is 2.13. The van der Waals surface area contributed by atoms with E-state index in [-0.39, 0.29) is 0 Å². The molecule has 1 aromatic carbocycles. The maximum absolute atomic E-state index is 5.99. The van der Waals surface area contributed by atoms with Crippen molar-refractivity contribution in [3.63, 3.8) is 0 Å². The molecular formula is C16H22ClN3. The smallest absolute Gasteiger partial charge is 0.0659 e. The number of rotatable bonds is 7. The molecule has 0 radical (unpaired) electrons. The predicted molar refractivity (Wildman–Crippen MR) is 84.2 cm³/mol. The molecule has 0 aliphatic carbocycles. The van der Waals surface area contributed by atoms with Crippen LogP contribution < -0.4 is 5.32 Å². The molecule has 0 aliphatic heterocycles. The van der Waals surface area contributed by atoms with Crippen LogP contribution in [-0.2, 0) is 13.0 Å². The minimum Gasteiger partial charge on any atom is -0.315 e. The largest absolute Gasteiger partial charge is 0.315 e. The number of halogens is 1. The first-order chi connectivity index (χ1) is 9.63. The molecule has 0 unspecified atom stereocenters. The summed E-state index contributed by atoms with van der Waals surface area (Å²) in [6.45, 7) is 6.16. The molecule has 0 fully saturated rings. The third kappa shape index (κ3) is 4.99. The lowest BCUT2D eigenvalue weighted by molar-refractivity contribution is 0.570. The number of aromatic nitrogens is 2. The molecule has 20 heavy (non-hydrogen) atoms. The van der Waals surface area contributed by atoms with E-state index >= 15 is 0 Å². The zero-order valence-corrected chi connectivity index (χ0v) is 12.9. The lowest BCUT2D eigenvalue weighted by Crippen LogP contribution is -2.23. The number of hydrogen-bond acceptors (Lipinski definition) is 2. The topological polar surface area (TPSA) is 29.9 Å². The zero-order chi connectivity index (χ0) is 14.4. The normalized spacial score (nSPS) is 11.2. The average Bonchev–Trinajstić information content (AvgIpc) is 2.82. The van der Waals surface area contributed by atoms with Crippen LogP contribution >= 0.6 is 11.6 Å². The molecule has 1 heterocycles. The molecule has 0 spiro atoms. The molecule has 0 bridgehead atoms. The summed E-state index contributed by atoms with van der Waals surface area (Å²) in [7, 11) is 0. The van der Waals surface area contributed by atoms with Gasteiger partial charge in [0.05, 0.1) is 12.7 Å². The Morgan fingerprint density at radius 3 is 2.90 bits per heavy atom. The first-order valence-corrected chi connectivity index (χ1v) is 7.50. The van der Waals surface area contributed by atoms with Crippen LogP contribution in [0.25, 0.3) is 0 Å². The Kier molecular flexibility index (Phi) is 5.62. The van der Waals surface area contributed by atoms with Crippen molar-refractivity contribution in [2.75, 3.05) is 6.54 Å². The van der Waals surface area contributed by atoms with Gasteiger partial charge >= 0.3 is 0 Å². The molecule has 2 aromatic rings.